The van der Waals surface area contributed by atoms with Crippen molar-refractivity contribution in [2.24, 2.45) is 0 Å². The van der Waals surface area contributed by atoms with Crippen molar-refractivity contribution in [1.82, 2.24) is 15.2 Å². The second-order valence-corrected chi connectivity index (χ2v) is 8.01. The van der Waals surface area contributed by atoms with E-state index >= 15 is 0 Å². The Hall–Kier alpha value is -2.83. The number of methoxy groups -OCH3 is 1. The second kappa shape index (κ2) is 8.27. The third kappa shape index (κ3) is 3.86. The van der Waals surface area contributed by atoms with Crippen molar-refractivity contribution in [3.05, 3.63) is 36.0 Å². The summed E-state index contributed by atoms with van der Waals surface area (Å²) < 4.78 is 5.32. The lowest BCUT2D eigenvalue weighted by atomic mass is 10.0. The summed E-state index contributed by atoms with van der Waals surface area (Å²) in [7, 11) is 1.70. The van der Waals surface area contributed by atoms with E-state index in [0.29, 0.717) is 17.2 Å². The van der Waals surface area contributed by atoms with E-state index in [9.17, 15) is 9.59 Å². The highest BCUT2D eigenvalue weighted by molar-refractivity contribution is 7.99. The molecule has 4 rings (SSSR count). The van der Waals surface area contributed by atoms with Crippen LogP contribution in [0.25, 0.3) is 10.9 Å². The number of nitrogens with zero attached hydrogens (tertiary/aromatic N) is 4. The van der Waals surface area contributed by atoms with Crippen molar-refractivity contribution in [2.75, 3.05) is 43.3 Å². The van der Waals surface area contributed by atoms with Crippen LogP contribution in [0.1, 0.15) is 10.4 Å². The Kier molecular flexibility index (Phi) is 5.56. The van der Waals surface area contributed by atoms with Gasteiger partial charge in [-0.1, -0.05) is 0 Å². The third-order valence-corrected chi connectivity index (χ3v) is 6.28. The highest BCUT2D eigenvalue weighted by Gasteiger charge is 2.29. The number of hydrogen-bond acceptors (Lipinski definition) is 7. The van der Waals surface area contributed by atoms with Gasteiger partial charge in [0.15, 0.2) is 0 Å². The van der Waals surface area contributed by atoms with Gasteiger partial charge >= 0.3 is 0 Å². The molecule has 8 nitrogen and oxygen atoms in total. The van der Waals surface area contributed by atoms with E-state index in [1.54, 1.807) is 19.4 Å². The Morgan fingerprint density at radius 1 is 1.38 bits per heavy atom. The van der Waals surface area contributed by atoms with Crippen molar-refractivity contribution in [3.8, 4) is 6.07 Å². The average molecular weight is 411 g/mol. The molecule has 2 aliphatic heterocycles. The summed E-state index contributed by atoms with van der Waals surface area (Å²) in [6.07, 6.45) is 1.82. The van der Waals surface area contributed by atoms with Crippen LogP contribution in [-0.2, 0) is 9.53 Å². The normalized spacial score (nSPS) is 19.1. The third-order valence-electron chi connectivity index (χ3n) is 5.27. The van der Waals surface area contributed by atoms with Crippen molar-refractivity contribution in [3.63, 3.8) is 0 Å². The zero-order chi connectivity index (χ0) is 20.4. The van der Waals surface area contributed by atoms with E-state index in [4.69, 9.17) is 10.00 Å². The van der Waals surface area contributed by atoms with Crippen LogP contribution in [0.3, 0.4) is 0 Å². The van der Waals surface area contributed by atoms with Gasteiger partial charge in [0.2, 0.25) is 5.91 Å². The first-order chi connectivity index (χ1) is 14.1. The molecule has 0 radical (unpaired) electrons. The van der Waals surface area contributed by atoms with Gasteiger partial charge in [0.25, 0.3) is 5.91 Å². The monoisotopic (exact) mass is 411 g/mol. The number of aromatic nitrogens is 1. The highest BCUT2D eigenvalue weighted by Crippen LogP contribution is 2.27. The van der Waals surface area contributed by atoms with E-state index in [2.05, 4.69) is 21.3 Å². The summed E-state index contributed by atoms with van der Waals surface area (Å²) in [5.74, 6) is 0.503. The first kappa shape index (κ1) is 19.5. The minimum atomic E-state index is -0.429. The maximum atomic E-state index is 12.8. The largest absolute Gasteiger partial charge is 0.378 e. The number of fused-ring (bicyclic) bond motifs is 1. The molecule has 29 heavy (non-hydrogen) atoms. The highest BCUT2D eigenvalue weighted by atomic mass is 32.2. The number of carbonyl (C=O) groups excluding carboxylic acids is 2. The molecule has 150 valence electrons. The topological polar surface area (TPSA) is 98.6 Å². The Bertz CT molecular complexity index is 986. The SMILES string of the molecule is COC1CN(c2ccc3nccc(C(=O)NCC(=O)N4CSCC4C#N)c3c2)C1. The molecule has 9 heteroatoms. The molecule has 0 aliphatic carbocycles. The Labute approximate surface area is 172 Å². The molecule has 2 aromatic rings. The van der Waals surface area contributed by atoms with E-state index < -0.39 is 6.04 Å². The summed E-state index contributed by atoms with van der Waals surface area (Å²) in [6.45, 7) is 1.49. The molecule has 1 N–H and O–H groups in total. The standard InChI is InChI=1S/C20H21N5O3S/c1-28-15-9-24(10-15)13-2-3-18-17(6-13)16(4-5-22-18)20(27)23-8-19(26)25-12-29-11-14(25)7-21/h2-6,14-15H,8-12H2,1H3,(H,23,27). The number of anilines is 1. The zero-order valence-electron chi connectivity index (χ0n) is 16.0. The van der Waals surface area contributed by atoms with Gasteiger partial charge in [-0.2, -0.15) is 5.26 Å². The lowest BCUT2D eigenvalue weighted by Gasteiger charge is -2.40. The fourth-order valence-corrected chi connectivity index (χ4v) is 4.58. The summed E-state index contributed by atoms with van der Waals surface area (Å²) >= 11 is 1.54. The van der Waals surface area contributed by atoms with Crippen molar-refractivity contribution in [2.45, 2.75) is 12.1 Å². The second-order valence-electron chi connectivity index (χ2n) is 7.01. The molecule has 1 atom stereocenters. The summed E-state index contributed by atoms with van der Waals surface area (Å²) in [6, 6.07) is 9.18. The van der Waals surface area contributed by atoms with Crippen LogP contribution in [0.4, 0.5) is 5.69 Å². The fraction of sp³-hybridized carbons (Fsp3) is 0.400. The Morgan fingerprint density at radius 2 is 2.21 bits per heavy atom. The number of carbonyl (C=O) groups is 2. The van der Waals surface area contributed by atoms with Crippen LogP contribution in [0, 0.1) is 11.3 Å². The van der Waals surface area contributed by atoms with Gasteiger partial charge in [0, 0.05) is 43.2 Å². The van der Waals surface area contributed by atoms with Gasteiger partial charge in [0.05, 0.1) is 35.7 Å². The maximum absolute atomic E-state index is 12.8. The Morgan fingerprint density at radius 3 is 2.97 bits per heavy atom. The van der Waals surface area contributed by atoms with Crippen LogP contribution in [-0.4, -0.2) is 72.2 Å². The predicted octanol–water partition coefficient (Wildman–Crippen LogP) is 1.22. The zero-order valence-corrected chi connectivity index (χ0v) is 16.8. The molecular formula is C20H21N5O3S. The van der Waals surface area contributed by atoms with Gasteiger partial charge in [-0.25, -0.2) is 0 Å². The van der Waals surface area contributed by atoms with E-state index in [1.807, 2.05) is 18.2 Å². The average Bonchev–Trinajstić information content (AvgIpc) is 3.19. The van der Waals surface area contributed by atoms with Crippen molar-refractivity contribution in [1.29, 1.82) is 5.26 Å². The van der Waals surface area contributed by atoms with E-state index in [1.165, 1.54) is 16.7 Å². The number of hydrogen-bond donors (Lipinski definition) is 1. The van der Waals surface area contributed by atoms with Crippen LogP contribution >= 0.6 is 11.8 Å². The number of nitriles is 1. The van der Waals surface area contributed by atoms with Crippen molar-refractivity contribution < 1.29 is 14.3 Å². The summed E-state index contributed by atoms with van der Waals surface area (Å²) in [5.41, 5.74) is 2.20. The minimum absolute atomic E-state index is 0.136. The minimum Gasteiger partial charge on any atom is -0.378 e. The van der Waals surface area contributed by atoms with Crippen LogP contribution in [0.15, 0.2) is 30.5 Å². The first-order valence-electron chi connectivity index (χ1n) is 9.32. The lowest BCUT2D eigenvalue weighted by Crippen LogP contribution is -2.51. The van der Waals surface area contributed by atoms with Crippen LogP contribution < -0.4 is 10.2 Å². The first-order valence-corrected chi connectivity index (χ1v) is 10.5. The molecule has 0 saturated carbocycles. The molecule has 3 heterocycles. The molecule has 2 fully saturated rings. The van der Waals surface area contributed by atoms with Crippen LogP contribution in [0.5, 0.6) is 0 Å². The van der Waals surface area contributed by atoms with Gasteiger partial charge < -0.3 is 19.9 Å². The fourth-order valence-electron chi connectivity index (χ4n) is 3.48. The number of thioether (sulfide) groups is 1. The molecule has 2 amide bonds. The number of benzene rings is 1. The number of nitrogens with one attached hydrogen (secondary N) is 1. The molecular weight excluding hydrogens is 390 g/mol. The molecule has 1 unspecified atom stereocenters. The molecule has 1 aromatic carbocycles. The molecule has 0 bridgehead atoms. The smallest absolute Gasteiger partial charge is 0.252 e. The molecule has 0 spiro atoms. The predicted molar refractivity (Wildman–Crippen MR) is 111 cm³/mol. The van der Waals surface area contributed by atoms with Crippen LogP contribution in [0.2, 0.25) is 0 Å². The van der Waals surface area contributed by atoms with Gasteiger partial charge in [-0.05, 0) is 24.3 Å². The molecule has 2 aliphatic rings. The summed E-state index contributed by atoms with van der Waals surface area (Å²) in [4.78, 5) is 33.2. The quantitative estimate of drug-likeness (QED) is 0.790. The summed E-state index contributed by atoms with van der Waals surface area (Å²) in [5, 5.41) is 12.6. The lowest BCUT2D eigenvalue weighted by molar-refractivity contribution is -0.129. The van der Waals surface area contributed by atoms with Gasteiger partial charge in [-0.3, -0.25) is 14.6 Å². The number of amides is 2. The van der Waals surface area contributed by atoms with Gasteiger partial charge in [-0.15, -0.1) is 11.8 Å². The molecule has 1 aromatic heterocycles. The van der Waals surface area contributed by atoms with Gasteiger partial charge in [0.1, 0.15) is 6.04 Å². The number of pyridine rings is 1. The number of rotatable bonds is 5. The molecule has 2 saturated heterocycles. The van der Waals surface area contributed by atoms with E-state index in [0.717, 1.165) is 29.7 Å². The number of ether oxygens (including phenoxy) is 1. The maximum Gasteiger partial charge on any atom is 0.252 e. The Balaban J connectivity index is 1.48. The van der Waals surface area contributed by atoms with E-state index in [-0.39, 0.29) is 24.5 Å². The van der Waals surface area contributed by atoms with Crippen molar-refractivity contribution >= 4 is 40.2 Å².